The number of benzene rings is 1. The maximum absolute atomic E-state index is 9.39. The van der Waals surface area contributed by atoms with Crippen LogP contribution in [0.15, 0.2) is 18.2 Å². The quantitative estimate of drug-likeness (QED) is 0.743. The molecule has 0 saturated heterocycles. The highest BCUT2D eigenvalue weighted by atomic mass is 14.7. The fourth-order valence-corrected chi connectivity index (χ4v) is 2.66. The first kappa shape index (κ1) is 10.3. The van der Waals surface area contributed by atoms with Crippen LogP contribution in [0.4, 0.5) is 0 Å². The number of rotatable bonds is 1. The first-order valence-corrected chi connectivity index (χ1v) is 6.18. The molecular formula is C15H14N2. The molecule has 0 atom stereocenters. The lowest BCUT2D eigenvalue weighted by molar-refractivity contribution is 0.900. The molecule has 0 N–H and O–H groups in total. The number of fused-ring (bicyclic) bond motifs is 2. The molecule has 2 aromatic rings. The second-order valence-corrected chi connectivity index (χ2v) is 4.58. The Kier molecular flexibility index (Phi) is 2.33. The van der Waals surface area contributed by atoms with Gasteiger partial charge in [0.25, 0.3) is 0 Å². The van der Waals surface area contributed by atoms with E-state index in [1.807, 2.05) is 6.07 Å². The SMILES string of the molecule is CCc1ccc2nc3c(c(C#N)c2c1)CCC3. The lowest BCUT2D eigenvalue weighted by atomic mass is 10.00. The van der Waals surface area contributed by atoms with Gasteiger partial charge in [0, 0.05) is 11.1 Å². The molecule has 0 saturated carbocycles. The van der Waals surface area contributed by atoms with Gasteiger partial charge in [-0.3, -0.25) is 4.98 Å². The van der Waals surface area contributed by atoms with Gasteiger partial charge in [-0.05, 0) is 48.9 Å². The average molecular weight is 222 g/mol. The van der Waals surface area contributed by atoms with Crippen molar-refractivity contribution in [1.29, 1.82) is 5.26 Å². The Labute approximate surface area is 101 Å². The average Bonchev–Trinajstić information content (AvgIpc) is 2.82. The van der Waals surface area contributed by atoms with E-state index in [-0.39, 0.29) is 0 Å². The van der Waals surface area contributed by atoms with Gasteiger partial charge in [0.05, 0.1) is 11.1 Å². The zero-order chi connectivity index (χ0) is 11.8. The fourth-order valence-electron chi connectivity index (χ4n) is 2.66. The van der Waals surface area contributed by atoms with Crippen LogP contribution in [0.3, 0.4) is 0 Å². The molecule has 1 aliphatic rings. The topological polar surface area (TPSA) is 36.7 Å². The summed E-state index contributed by atoms with van der Waals surface area (Å²) in [5.74, 6) is 0. The lowest BCUT2D eigenvalue weighted by Crippen LogP contribution is -1.96. The predicted octanol–water partition coefficient (Wildman–Crippen LogP) is 3.16. The Morgan fingerprint density at radius 3 is 3.00 bits per heavy atom. The molecule has 0 bridgehead atoms. The van der Waals surface area contributed by atoms with Crippen LogP contribution in [0.5, 0.6) is 0 Å². The molecule has 84 valence electrons. The van der Waals surface area contributed by atoms with Gasteiger partial charge in [-0.15, -0.1) is 0 Å². The molecule has 1 heterocycles. The number of aromatic nitrogens is 1. The Morgan fingerprint density at radius 2 is 2.24 bits per heavy atom. The molecule has 0 unspecified atom stereocenters. The van der Waals surface area contributed by atoms with Crippen molar-refractivity contribution >= 4 is 10.9 Å². The largest absolute Gasteiger partial charge is 0.252 e. The number of pyridine rings is 1. The molecule has 1 aliphatic carbocycles. The van der Waals surface area contributed by atoms with Crippen molar-refractivity contribution in [3.05, 3.63) is 40.6 Å². The van der Waals surface area contributed by atoms with Crippen LogP contribution in [0.1, 0.15) is 35.7 Å². The molecular weight excluding hydrogens is 208 g/mol. The van der Waals surface area contributed by atoms with Gasteiger partial charge in [-0.1, -0.05) is 13.0 Å². The summed E-state index contributed by atoms with van der Waals surface area (Å²) in [6.07, 6.45) is 4.17. The molecule has 0 spiro atoms. The van der Waals surface area contributed by atoms with E-state index in [9.17, 15) is 5.26 Å². The molecule has 0 aliphatic heterocycles. The van der Waals surface area contributed by atoms with Crippen LogP contribution >= 0.6 is 0 Å². The van der Waals surface area contributed by atoms with Crippen molar-refractivity contribution in [1.82, 2.24) is 4.98 Å². The van der Waals surface area contributed by atoms with Crippen molar-refractivity contribution in [3.8, 4) is 6.07 Å². The minimum Gasteiger partial charge on any atom is -0.252 e. The van der Waals surface area contributed by atoms with E-state index >= 15 is 0 Å². The highest BCUT2D eigenvalue weighted by Crippen LogP contribution is 2.29. The monoisotopic (exact) mass is 222 g/mol. The summed E-state index contributed by atoms with van der Waals surface area (Å²) in [6, 6.07) is 8.66. The van der Waals surface area contributed by atoms with Crippen LogP contribution < -0.4 is 0 Å². The van der Waals surface area contributed by atoms with Gasteiger partial charge < -0.3 is 0 Å². The number of hydrogen-bond donors (Lipinski definition) is 0. The van der Waals surface area contributed by atoms with Crippen molar-refractivity contribution in [2.75, 3.05) is 0 Å². The smallest absolute Gasteiger partial charge is 0.100 e. The predicted molar refractivity (Wildman–Crippen MR) is 67.9 cm³/mol. The molecule has 1 aromatic heterocycles. The number of nitrogens with zero attached hydrogens (tertiary/aromatic N) is 2. The second-order valence-electron chi connectivity index (χ2n) is 4.58. The van der Waals surface area contributed by atoms with E-state index < -0.39 is 0 Å². The van der Waals surface area contributed by atoms with E-state index in [0.29, 0.717) is 0 Å². The zero-order valence-electron chi connectivity index (χ0n) is 9.95. The van der Waals surface area contributed by atoms with E-state index in [1.54, 1.807) is 0 Å². The summed E-state index contributed by atoms with van der Waals surface area (Å²) in [4.78, 5) is 4.69. The van der Waals surface area contributed by atoms with Gasteiger partial charge >= 0.3 is 0 Å². The second kappa shape index (κ2) is 3.85. The summed E-state index contributed by atoms with van der Waals surface area (Å²) in [5.41, 5.74) is 5.43. The molecule has 3 rings (SSSR count). The van der Waals surface area contributed by atoms with Crippen LogP contribution in [0.25, 0.3) is 10.9 Å². The lowest BCUT2D eigenvalue weighted by Gasteiger charge is -2.07. The highest BCUT2D eigenvalue weighted by Gasteiger charge is 2.19. The summed E-state index contributed by atoms with van der Waals surface area (Å²) < 4.78 is 0. The minimum absolute atomic E-state index is 0.859. The molecule has 2 heteroatoms. The summed E-state index contributed by atoms with van der Waals surface area (Å²) in [7, 11) is 0. The van der Waals surface area contributed by atoms with Gasteiger partial charge in [0.15, 0.2) is 0 Å². The Bertz CT molecular complexity index is 635. The molecule has 17 heavy (non-hydrogen) atoms. The zero-order valence-corrected chi connectivity index (χ0v) is 9.95. The van der Waals surface area contributed by atoms with Crippen LogP contribution in [0.2, 0.25) is 0 Å². The van der Waals surface area contributed by atoms with E-state index in [2.05, 4.69) is 30.1 Å². The third-order valence-corrected chi connectivity index (χ3v) is 3.60. The Morgan fingerprint density at radius 1 is 1.35 bits per heavy atom. The third-order valence-electron chi connectivity index (χ3n) is 3.60. The number of nitriles is 1. The Balaban J connectivity index is 2.38. The maximum Gasteiger partial charge on any atom is 0.100 e. The molecule has 0 amide bonds. The van der Waals surface area contributed by atoms with E-state index in [4.69, 9.17) is 0 Å². The van der Waals surface area contributed by atoms with Crippen molar-refractivity contribution in [3.63, 3.8) is 0 Å². The van der Waals surface area contributed by atoms with Crippen LogP contribution in [-0.2, 0) is 19.3 Å². The number of aryl methyl sites for hydroxylation is 2. The maximum atomic E-state index is 9.39. The molecule has 0 radical (unpaired) electrons. The van der Waals surface area contributed by atoms with Crippen molar-refractivity contribution < 1.29 is 0 Å². The highest BCUT2D eigenvalue weighted by molar-refractivity contribution is 5.87. The van der Waals surface area contributed by atoms with Gasteiger partial charge in [-0.25, -0.2) is 0 Å². The van der Waals surface area contributed by atoms with Gasteiger partial charge in [0.1, 0.15) is 6.07 Å². The first-order valence-electron chi connectivity index (χ1n) is 6.18. The normalized spacial score (nSPS) is 13.6. The first-order chi connectivity index (χ1) is 8.33. The van der Waals surface area contributed by atoms with E-state index in [1.165, 1.54) is 11.1 Å². The summed E-state index contributed by atoms with van der Waals surface area (Å²) in [6.45, 7) is 2.13. The van der Waals surface area contributed by atoms with Gasteiger partial charge in [0.2, 0.25) is 0 Å². The molecule has 0 fully saturated rings. The van der Waals surface area contributed by atoms with E-state index in [0.717, 1.165) is 47.8 Å². The molecule has 2 nitrogen and oxygen atoms in total. The fraction of sp³-hybridized carbons (Fsp3) is 0.333. The van der Waals surface area contributed by atoms with Crippen LogP contribution in [-0.4, -0.2) is 4.98 Å². The van der Waals surface area contributed by atoms with Crippen LogP contribution in [0, 0.1) is 11.3 Å². The third kappa shape index (κ3) is 1.51. The van der Waals surface area contributed by atoms with Crippen molar-refractivity contribution in [2.24, 2.45) is 0 Å². The minimum atomic E-state index is 0.859. The Hall–Kier alpha value is -1.88. The van der Waals surface area contributed by atoms with Gasteiger partial charge in [-0.2, -0.15) is 5.26 Å². The number of hydrogen-bond acceptors (Lipinski definition) is 2. The molecule has 1 aromatic carbocycles. The van der Waals surface area contributed by atoms with Crippen molar-refractivity contribution in [2.45, 2.75) is 32.6 Å². The summed E-state index contributed by atoms with van der Waals surface area (Å²) >= 11 is 0. The standard InChI is InChI=1S/C15H14N2/c1-2-10-6-7-15-12(8-10)13(9-16)11-4-3-5-14(11)17-15/h6-8H,2-5H2,1H3. The summed E-state index contributed by atoms with van der Waals surface area (Å²) in [5, 5.41) is 10.4.